The number of aromatic amines is 1. The summed E-state index contributed by atoms with van der Waals surface area (Å²) in [5.74, 6) is 1.84. The third-order valence-corrected chi connectivity index (χ3v) is 5.87. The number of H-pyrrole nitrogens is 1. The number of quaternary nitrogens is 1. The number of rotatable bonds is 5. The predicted molar refractivity (Wildman–Crippen MR) is 115 cm³/mol. The number of nitrogens with one attached hydrogen (secondary N) is 2. The highest BCUT2D eigenvalue weighted by Crippen LogP contribution is 2.32. The lowest BCUT2D eigenvalue weighted by molar-refractivity contribution is -0.914. The molecule has 1 saturated heterocycles. The van der Waals surface area contributed by atoms with Crippen molar-refractivity contribution in [3.05, 3.63) is 75.6 Å². The van der Waals surface area contributed by atoms with Gasteiger partial charge in [-0.25, -0.2) is 0 Å². The number of ether oxygens (including phenoxy) is 2. The molecule has 8 nitrogen and oxygen atoms in total. The van der Waals surface area contributed by atoms with Gasteiger partial charge in [-0.05, 0) is 23.8 Å². The Morgan fingerprint density at radius 2 is 1.81 bits per heavy atom. The Bertz CT molecular complexity index is 1120. The van der Waals surface area contributed by atoms with Crippen LogP contribution in [0, 0.1) is 0 Å². The Morgan fingerprint density at radius 1 is 1.03 bits per heavy atom. The van der Waals surface area contributed by atoms with Gasteiger partial charge < -0.3 is 24.4 Å². The van der Waals surface area contributed by atoms with Gasteiger partial charge in [-0.3, -0.25) is 9.78 Å². The van der Waals surface area contributed by atoms with Gasteiger partial charge in [0.25, 0.3) is 5.56 Å². The van der Waals surface area contributed by atoms with Crippen molar-refractivity contribution >= 4 is 5.95 Å². The molecule has 2 aromatic carbocycles. The average Bonchev–Trinajstić information content (AvgIpc) is 3.25. The maximum atomic E-state index is 12.6. The first-order chi connectivity index (χ1) is 15.2. The van der Waals surface area contributed by atoms with Gasteiger partial charge in [0.1, 0.15) is 6.54 Å². The third-order valence-electron chi connectivity index (χ3n) is 5.87. The molecule has 1 fully saturated rings. The van der Waals surface area contributed by atoms with E-state index in [0.29, 0.717) is 17.9 Å². The molecule has 0 bridgehead atoms. The quantitative estimate of drug-likeness (QED) is 0.562. The molecule has 0 amide bonds. The van der Waals surface area contributed by atoms with Crippen LogP contribution in [-0.4, -0.2) is 48.0 Å². The Labute approximate surface area is 179 Å². The van der Waals surface area contributed by atoms with Crippen molar-refractivity contribution in [2.75, 3.05) is 37.9 Å². The Kier molecular flexibility index (Phi) is 5.21. The van der Waals surface area contributed by atoms with Gasteiger partial charge in [0, 0.05) is 12.0 Å². The number of aromatic hydroxyl groups is 1. The van der Waals surface area contributed by atoms with Crippen molar-refractivity contribution < 1.29 is 19.5 Å². The van der Waals surface area contributed by atoms with Crippen molar-refractivity contribution in [1.82, 2.24) is 9.97 Å². The summed E-state index contributed by atoms with van der Waals surface area (Å²) in [6.45, 7) is 4.50. The SMILES string of the molecule is O=c1[nH]c(N2CC[NH+](Cc3ccc4c(c3)OCO4)CC2)nc(O)c1Cc1ccccc1. The Hall–Kier alpha value is -3.52. The second kappa shape index (κ2) is 8.31. The molecule has 5 rings (SSSR count). The first-order valence-corrected chi connectivity index (χ1v) is 10.5. The fourth-order valence-corrected chi connectivity index (χ4v) is 4.13. The lowest BCUT2D eigenvalue weighted by Crippen LogP contribution is -3.13. The maximum absolute atomic E-state index is 12.6. The molecule has 2 aliphatic rings. The number of piperazine rings is 1. The highest BCUT2D eigenvalue weighted by Gasteiger charge is 2.24. The smallest absolute Gasteiger partial charge is 0.259 e. The van der Waals surface area contributed by atoms with Crippen molar-refractivity contribution in [2.24, 2.45) is 0 Å². The van der Waals surface area contributed by atoms with E-state index >= 15 is 0 Å². The van der Waals surface area contributed by atoms with Gasteiger partial charge in [0.05, 0.1) is 31.7 Å². The summed E-state index contributed by atoms with van der Waals surface area (Å²) < 4.78 is 10.8. The van der Waals surface area contributed by atoms with Gasteiger partial charge in [0.15, 0.2) is 11.5 Å². The molecule has 3 heterocycles. The van der Waals surface area contributed by atoms with Crippen LogP contribution in [0.1, 0.15) is 16.7 Å². The highest BCUT2D eigenvalue weighted by molar-refractivity contribution is 5.44. The molecule has 2 aliphatic heterocycles. The van der Waals surface area contributed by atoms with Crippen LogP contribution in [0.3, 0.4) is 0 Å². The van der Waals surface area contributed by atoms with Gasteiger partial charge in [-0.1, -0.05) is 30.3 Å². The average molecular weight is 421 g/mol. The van der Waals surface area contributed by atoms with Crippen LogP contribution in [0.5, 0.6) is 17.4 Å². The highest BCUT2D eigenvalue weighted by atomic mass is 16.7. The van der Waals surface area contributed by atoms with E-state index < -0.39 is 0 Å². The molecular weight excluding hydrogens is 396 g/mol. The Balaban J connectivity index is 1.23. The van der Waals surface area contributed by atoms with Crippen molar-refractivity contribution in [1.29, 1.82) is 0 Å². The summed E-state index contributed by atoms with van der Waals surface area (Å²) in [7, 11) is 0. The molecule has 0 atom stereocenters. The van der Waals surface area contributed by atoms with Crippen LogP contribution in [0.25, 0.3) is 0 Å². The molecule has 0 spiro atoms. The summed E-state index contributed by atoms with van der Waals surface area (Å²) in [4.78, 5) is 23.2. The fourth-order valence-electron chi connectivity index (χ4n) is 4.13. The molecule has 8 heteroatoms. The van der Waals surface area contributed by atoms with E-state index in [4.69, 9.17) is 9.47 Å². The number of hydrogen-bond donors (Lipinski definition) is 3. The Morgan fingerprint density at radius 3 is 2.58 bits per heavy atom. The molecule has 31 heavy (non-hydrogen) atoms. The second-order valence-electron chi connectivity index (χ2n) is 7.96. The zero-order chi connectivity index (χ0) is 21.2. The van der Waals surface area contributed by atoms with E-state index in [9.17, 15) is 9.90 Å². The molecule has 160 valence electrons. The molecule has 0 aliphatic carbocycles. The van der Waals surface area contributed by atoms with E-state index in [2.05, 4.69) is 16.0 Å². The van der Waals surface area contributed by atoms with Crippen molar-refractivity contribution in [2.45, 2.75) is 13.0 Å². The minimum Gasteiger partial charge on any atom is -0.493 e. The molecule has 0 unspecified atom stereocenters. The minimum absolute atomic E-state index is 0.197. The molecule has 3 aromatic rings. The summed E-state index contributed by atoms with van der Waals surface area (Å²) >= 11 is 0. The molecule has 0 saturated carbocycles. The summed E-state index contributed by atoms with van der Waals surface area (Å²) in [5, 5.41) is 10.4. The lowest BCUT2D eigenvalue weighted by Gasteiger charge is -2.32. The van der Waals surface area contributed by atoms with Crippen LogP contribution in [-0.2, 0) is 13.0 Å². The maximum Gasteiger partial charge on any atom is 0.259 e. The number of benzene rings is 2. The summed E-state index contributed by atoms with van der Waals surface area (Å²) in [6, 6.07) is 15.7. The van der Waals surface area contributed by atoms with Gasteiger partial charge in [0.2, 0.25) is 18.6 Å². The normalized spacial score (nSPS) is 15.9. The third kappa shape index (κ3) is 4.20. The van der Waals surface area contributed by atoms with Gasteiger partial charge >= 0.3 is 0 Å². The molecular formula is C23H25N4O4+. The number of hydrogen-bond acceptors (Lipinski definition) is 6. The van der Waals surface area contributed by atoms with E-state index in [1.807, 2.05) is 47.4 Å². The van der Waals surface area contributed by atoms with E-state index in [1.54, 1.807) is 0 Å². The van der Waals surface area contributed by atoms with E-state index in [0.717, 1.165) is 49.8 Å². The van der Waals surface area contributed by atoms with Gasteiger partial charge in [-0.2, -0.15) is 4.98 Å². The topological polar surface area (TPSA) is 92.1 Å². The van der Waals surface area contributed by atoms with Crippen molar-refractivity contribution in [3.63, 3.8) is 0 Å². The van der Waals surface area contributed by atoms with E-state index in [-0.39, 0.29) is 18.2 Å². The van der Waals surface area contributed by atoms with Crippen LogP contribution in [0.4, 0.5) is 5.95 Å². The van der Waals surface area contributed by atoms with Crippen molar-refractivity contribution in [3.8, 4) is 17.4 Å². The zero-order valence-corrected chi connectivity index (χ0v) is 17.1. The number of nitrogens with zero attached hydrogens (tertiary/aromatic N) is 2. The minimum atomic E-state index is -0.290. The standard InChI is InChI=1S/C23H24N4O4/c28-21-18(12-16-4-2-1-3-5-16)22(29)25-23(24-21)27-10-8-26(9-11-27)14-17-6-7-19-20(13-17)31-15-30-19/h1-7,13H,8-12,14-15H2,(H2,24,25,28,29)/p+1. The van der Waals surface area contributed by atoms with Crippen LogP contribution in [0.15, 0.2) is 53.3 Å². The molecule has 1 aromatic heterocycles. The summed E-state index contributed by atoms with van der Waals surface area (Å²) in [5.41, 5.74) is 2.17. The second-order valence-corrected chi connectivity index (χ2v) is 7.96. The van der Waals surface area contributed by atoms with Crippen LogP contribution >= 0.6 is 0 Å². The first-order valence-electron chi connectivity index (χ1n) is 10.5. The predicted octanol–water partition coefficient (Wildman–Crippen LogP) is 0.700. The first kappa shape index (κ1) is 19.4. The zero-order valence-electron chi connectivity index (χ0n) is 17.1. The fraction of sp³-hybridized carbons (Fsp3) is 0.304. The molecule has 0 radical (unpaired) electrons. The van der Waals surface area contributed by atoms with Crippen LogP contribution in [0.2, 0.25) is 0 Å². The number of anilines is 1. The number of fused-ring (bicyclic) bond motifs is 1. The summed E-state index contributed by atoms with van der Waals surface area (Å²) in [6.07, 6.45) is 0.350. The van der Waals surface area contributed by atoms with Gasteiger partial charge in [-0.15, -0.1) is 0 Å². The van der Waals surface area contributed by atoms with Crippen LogP contribution < -0.4 is 24.8 Å². The molecule has 3 N–H and O–H groups in total. The monoisotopic (exact) mass is 421 g/mol. The largest absolute Gasteiger partial charge is 0.493 e. The lowest BCUT2D eigenvalue weighted by atomic mass is 10.1. The van der Waals surface area contributed by atoms with E-state index in [1.165, 1.54) is 10.5 Å². The number of aromatic nitrogens is 2.